The van der Waals surface area contributed by atoms with Crippen LogP contribution in [0.4, 0.5) is 5.69 Å². The van der Waals surface area contributed by atoms with E-state index in [0.29, 0.717) is 25.3 Å². The molecule has 0 aromatic heterocycles. The molecule has 0 unspecified atom stereocenters. The Labute approximate surface area is 212 Å². The first-order chi connectivity index (χ1) is 17.5. The van der Waals surface area contributed by atoms with Gasteiger partial charge in [-0.05, 0) is 66.7 Å². The van der Waals surface area contributed by atoms with E-state index in [0.717, 1.165) is 30.4 Å². The standard InChI is InChI=1S/C30H33NO5/c1-3-19(15-20-9-12-23(32)13-10-20)11-14-26-27-21(17-35-2)16-24-28(25(27)18-36-26)30(34)31(29(24)33)22-7-5-4-6-8-22/h4-10,12-13,15,24-26,28,32H,3,11,14,16-18H2,1-2H3/b19-15+/t24-,25+,26-,28-/m1/s1. The lowest BCUT2D eigenvalue weighted by atomic mass is 9.69. The average molecular weight is 488 g/mol. The number of imide groups is 1. The van der Waals surface area contributed by atoms with Crippen molar-refractivity contribution in [1.82, 2.24) is 0 Å². The Morgan fingerprint density at radius 2 is 1.83 bits per heavy atom. The van der Waals surface area contributed by atoms with Crippen molar-refractivity contribution in [3.63, 3.8) is 0 Å². The molecule has 2 aromatic carbocycles. The second kappa shape index (κ2) is 10.4. The minimum atomic E-state index is -0.378. The van der Waals surface area contributed by atoms with Crippen LogP contribution in [0.15, 0.2) is 71.3 Å². The van der Waals surface area contributed by atoms with Gasteiger partial charge in [-0.1, -0.05) is 48.9 Å². The van der Waals surface area contributed by atoms with E-state index in [1.807, 2.05) is 42.5 Å². The number of para-hydroxylation sites is 1. The van der Waals surface area contributed by atoms with Crippen molar-refractivity contribution in [3.8, 4) is 5.75 Å². The van der Waals surface area contributed by atoms with Gasteiger partial charge in [0, 0.05) is 13.0 Å². The highest BCUT2D eigenvalue weighted by atomic mass is 16.5. The Bertz CT molecular complexity index is 1180. The second-order valence-electron chi connectivity index (χ2n) is 9.89. The molecule has 0 bridgehead atoms. The summed E-state index contributed by atoms with van der Waals surface area (Å²) in [5.41, 5.74) is 5.29. The number of aromatic hydroxyl groups is 1. The number of nitrogens with zero attached hydrogens (tertiary/aromatic N) is 1. The highest BCUT2D eigenvalue weighted by Crippen LogP contribution is 2.50. The van der Waals surface area contributed by atoms with Gasteiger partial charge >= 0.3 is 0 Å². The summed E-state index contributed by atoms with van der Waals surface area (Å²) in [4.78, 5) is 28.4. The third kappa shape index (κ3) is 4.51. The SMILES string of the molecule is CC/C(=C\c1ccc(O)cc1)CC[C@H]1OC[C@H]2C1=C(COC)C[C@H]1C(=O)N(c3ccccc3)C(=O)[C@H]12. The minimum absolute atomic E-state index is 0.0791. The molecule has 188 valence electrons. The Kier molecular flexibility index (Phi) is 7.08. The largest absolute Gasteiger partial charge is 0.508 e. The van der Waals surface area contributed by atoms with Gasteiger partial charge in [-0.25, -0.2) is 0 Å². The lowest BCUT2D eigenvalue weighted by molar-refractivity contribution is -0.122. The Balaban J connectivity index is 1.37. The Morgan fingerprint density at radius 3 is 2.53 bits per heavy atom. The van der Waals surface area contributed by atoms with Crippen molar-refractivity contribution in [3.05, 3.63) is 76.9 Å². The fraction of sp³-hybridized carbons (Fsp3) is 0.400. The van der Waals surface area contributed by atoms with Crippen molar-refractivity contribution in [2.75, 3.05) is 25.2 Å². The lowest BCUT2D eigenvalue weighted by Gasteiger charge is -2.31. The number of amides is 2. The molecule has 3 aliphatic rings. The number of rotatable bonds is 8. The molecule has 0 spiro atoms. The number of ether oxygens (including phenoxy) is 2. The summed E-state index contributed by atoms with van der Waals surface area (Å²) in [5, 5.41) is 9.55. The molecule has 2 heterocycles. The van der Waals surface area contributed by atoms with Crippen molar-refractivity contribution in [2.24, 2.45) is 17.8 Å². The van der Waals surface area contributed by atoms with Gasteiger partial charge in [0.25, 0.3) is 0 Å². The number of phenolic OH excluding ortho intramolecular Hbond substituents is 1. The predicted octanol–water partition coefficient (Wildman–Crippen LogP) is 5.13. The maximum atomic E-state index is 13.6. The Morgan fingerprint density at radius 1 is 1.08 bits per heavy atom. The zero-order valence-corrected chi connectivity index (χ0v) is 20.9. The van der Waals surface area contributed by atoms with E-state index in [1.165, 1.54) is 16.0 Å². The molecular formula is C30H33NO5. The second-order valence-corrected chi connectivity index (χ2v) is 9.89. The molecular weight excluding hydrogens is 454 g/mol. The summed E-state index contributed by atoms with van der Waals surface area (Å²) in [6.07, 6.45) is 5.25. The summed E-state index contributed by atoms with van der Waals surface area (Å²) < 4.78 is 11.9. The molecule has 2 amide bonds. The quantitative estimate of drug-likeness (QED) is 0.413. The van der Waals surface area contributed by atoms with Gasteiger partial charge in [0.15, 0.2) is 0 Å². The number of carbonyl (C=O) groups is 2. The molecule has 4 atom stereocenters. The summed E-state index contributed by atoms with van der Waals surface area (Å²) in [5.74, 6) is -0.792. The predicted molar refractivity (Wildman–Crippen MR) is 138 cm³/mol. The van der Waals surface area contributed by atoms with E-state index in [4.69, 9.17) is 9.47 Å². The third-order valence-electron chi connectivity index (χ3n) is 7.79. The van der Waals surface area contributed by atoms with E-state index in [2.05, 4.69) is 13.0 Å². The lowest BCUT2D eigenvalue weighted by Crippen LogP contribution is -2.35. The summed E-state index contributed by atoms with van der Waals surface area (Å²) in [6.45, 7) is 3.05. The molecule has 2 saturated heterocycles. The smallest absolute Gasteiger partial charge is 0.238 e. The van der Waals surface area contributed by atoms with Crippen LogP contribution in [0.5, 0.6) is 5.75 Å². The first kappa shape index (κ1) is 24.5. The van der Waals surface area contributed by atoms with E-state index in [1.54, 1.807) is 19.2 Å². The number of benzene rings is 2. The van der Waals surface area contributed by atoms with Crippen LogP contribution in [0.2, 0.25) is 0 Å². The summed E-state index contributed by atoms with van der Waals surface area (Å²) in [7, 11) is 1.67. The molecule has 2 aromatic rings. The number of carbonyl (C=O) groups excluding carboxylic acids is 2. The monoisotopic (exact) mass is 487 g/mol. The van der Waals surface area contributed by atoms with Gasteiger partial charge in [0.2, 0.25) is 11.8 Å². The van der Waals surface area contributed by atoms with Crippen LogP contribution in [0, 0.1) is 17.8 Å². The zero-order valence-electron chi connectivity index (χ0n) is 20.9. The number of fused-ring (bicyclic) bond motifs is 3. The van der Waals surface area contributed by atoms with Crippen LogP contribution < -0.4 is 4.90 Å². The van der Waals surface area contributed by atoms with Crippen LogP contribution in [0.3, 0.4) is 0 Å². The highest BCUT2D eigenvalue weighted by molar-refractivity contribution is 6.22. The van der Waals surface area contributed by atoms with E-state index >= 15 is 0 Å². The molecule has 2 fully saturated rings. The number of phenols is 1. The zero-order chi connectivity index (χ0) is 25.2. The van der Waals surface area contributed by atoms with E-state index in [-0.39, 0.29) is 41.4 Å². The van der Waals surface area contributed by atoms with Crippen LogP contribution in [-0.2, 0) is 19.1 Å². The molecule has 0 saturated carbocycles. The normalized spacial score (nSPS) is 25.9. The maximum Gasteiger partial charge on any atom is 0.238 e. The first-order valence-electron chi connectivity index (χ1n) is 12.8. The van der Waals surface area contributed by atoms with E-state index < -0.39 is 0 Å². The van der Waals surface area contributed by atoms with Gasteiger partial charge < -0.3 is 14.6 Å². The molecule has 6 nitrogen and oxygen atoms in total. The fourth-order valence-electron chi connectivity index (χ4n) is 6.09. The van der Waals surface area contributed by atoms with Crippen LogP contribution in [0.1, 0.15) is 38.2 Å². The third-order valence-corrected chi connectivity index (χ3v) is 7.79. The molecule has 36 heavy (non-hydrogen) atoms. The van der Waals surface area contributed by atoms with Gasteiger partial charge in [-0.15, -0.1) is 0 Å². The van der Waals surface area contributed by atoms with E-state index in [9.17, 15) is 14.7 Å². The maximum absolute atomic E-state index is 13.6. The van der Waals surface area contributed by atoms with Crippen molar-refractivity contribution >= 4 is 23.6 Å². The van der Waals surface area contributed by atoms with Crippen molar-refractivity contribution < 1.29 is 24.2 Å². The molecule has 2 aliphatic heterocycles. The van der Waals surface area contributed by atoms with Crippen molar-refractivity contribution in [1.29, 1.82) is 0 Å². The summed E-state index contributed by atoms with van der Waals surface area (Å²) >= 11 is 0. The van der Waals surface area contributed by atoms with Crippen LogP contribution in [0.25, 0.3) is 6.08 Å². The van der Waals surface area contributed by atoms with Gasteiger partial charge in [-0.3, -0.25) is 14.5 Å². The van der Waals surface area contributed by atoms with Crippen LogP contribution in [-0.4, -0.2) is 43.3 Å². The van der Waals surface area contributed by atoms with Gasteiger partial charge in [0.1, 0.15) is 5.75 Å². The Hall–Kier alpha value is -3.22. The van der Waals surface area contributed by atoms with Gasteiger partial charge in [0.05, 0.1) is 36.8 Å². The molecule has 1 N–H and O–H groups in total. The highest BCUT2D eigenvalue weighted by Gasteiger charge is 2.57. The first-order valence-corrected chi connectivity index (χ1v) is 12.8. The number of hydrogen-bond donors (Lipinski definition) is 1. The minimum Gasteiger partial charge on any atom is -0.508 e. The molecule has 0 radical (unpaired) electrons. The number of hydrogen-bond acceptors (Lipinski definition) is 5. The van der Waals surface area contributed by atoms with Crippen LogP contribution >= 0.6 is 0 Å². The van der Waals surface area contributed by atoms with Gasteiger partial charge in [-0.2, -0.15) is 0 Å². The molecule has 6 heteroatoms. The summed E-state index contributed by atoms with van der Waals surface area (Å²) in [6, 6.07) is 16.4. The molecule has 1 aliphatic carbocycles. The average Bonchev–Trinajstić information content (AvgIpc) is 3.42. The number of anilines is 1. The number of methoxy groups -OCH3 is 1. The molecule has 5 rings (SSSR count). The number of allylic oxidation sites excluding steroid dienone is 1. The van der Waals surface area contributed by atoms with Crippen molar-refractivity contribution in [2.45, 2.75) is 38.7 Å². The fourth-order valence-corrected chi connectivity index (χ4v) is 6.09. The topological polar surface area (TPSA) is 76.1 Å².